The molecule has 4 nitrogen and oxygen atoms in total. The van der Waals surface area contributed by atoms with Crippen molar-refractivity contribution in [3.8, 4) is 0 Å². The van der Waals surface area contributed by atoms with Crippen molar-refractivity contribution in [3.63, 3.8) is 0 Å². The van der Waals surface area contributed by atoms with E-state index in [4.69, 9.17) is 22.1 Å². The van der Waals surface area contributed by atoms with Gasteiger partial charge in [0, 0.05) is 19.3 Å². The van der Waals surface area contributed by atoms with E-state index in [0.717, 1.165) is 26.0 Å². The maximum Gasteiger partial charge on any atom is 0.164 e. The third kappa shape index (κ3) is 2.86. The van der Waals surface area contributed by atoms with Gasteiger partial charge in [0.05, 0.1) is 6.10 Å². The number of hydrogen-bond donors (Lipinski definition) is 1. The smallest absolute Gasteiger partial charge is 0.164 e. The molecule has 1 aromatic rings. The summed E-state index contributed by atoms with van der Waals surface area (Å²) in [4.78, 5) is 0. The molecule has 0 aromatic carbocycles. The highest BCUT2D eigenvalue weighted by Gasteiger charge is 2.14. The molecule has 15 heavy (non-hydrogen) atoms. The number of halogens is 1. The molecule has 0 amide bonds. The van der Waals surface area contributed by atoms with Crippen LogP contribution in [0.3, 0.4) is 0 Å². The van der Waals surface area contributed by atoms with Crippen molar-refractivity contribution < 1.29 is 4.74 Å². The Morgan fingerprint density at radius 2 is 2.47 bits per heavy atom. The van der Waals surface area contributed by atoms with E-state index in [2.05, 4.69) is 5.10 Å². The Morgan fingerprint density at radius 3 is 3.07 bits per heavy atom. The van der Waals surface area contributed by atoms with Crippen molar-refractivity contribution in [3.05, 3.63) is 11.2 Å². The molecule has 1 unspecified atom stereocenters. The zero-order valence-corrected chi connectivity index (χ0v) is 9.41. The van der Waals surface area contributed by atoms with Crippen LogP contribution in [0.4, 0.5) is 5.82 Å². The number of rotatable bonds is 3. The zero-order chi connectivity index (χ0) is 10.7. The second-order valence-electron chi connectivity index (χ2n) is 3.90. The zero-order valence-electron chi connectivity index (χ0n) is 8.66. The van der Waals surface area contributed by atoms with Gasteiger partial charge in [-0.2, -0.15) is 5.10 Å². The SMILES string of the molecule is Nc1nn(CCC2CCCCO2)cc1Cl. The Hall–Kier alpha value is -0.740. The summed E-state index contributed by atoms with van der Waals surface area (Å²) in [6.45, 7) is 1.72. The summed E-state index contributed by atoms with van der Waals surface area (Å²) in [6, 6.07) is 0. The van der Waals surface area contributed by atoms with Crippen LogP contribution in [0.25, 0.3) is 0 Å². The highest BCUT2D eigenvalue weighted by molar-refractivity contribution is 6.32. The topological polar surface area (TPSA) is 53.1 Å². The molecule has 1 fully saturated rings. The van der Waals surface area contributed by atoms with Crippen molar-refractivity contribution in [2.24, 2.45) is 0 Å². The van der Waals surface area contributed by atoms with Crippen molar-refractivity contribution in [1.82, 2.24) is 9.78 Å². The molecule has 1 aliphatic rings. The molecule has 1 saturated heterocycles. The van der Waals surface area contributed by atoms with Gasteiger partial charge in [-0.3, -0.25) is 4.68 Å². The third-order valence-corrected chi connectivity index (χ3v) is 2.99. The van der Waals surface area contributed by atoms with E-state index in [1.54, 1.807) is 10.9 Å². The second-order valence-corrected chi connectivity index (χ2v) is 4.31. The molecule has 5 heteroatoms. The maximum atomic E-state index is 5.81. The summed E-state index contributed by atoms with van der Waals surface area (Å²) in [5.41, 5.74) is 5.55. The maximum absolute atomic E-state index is 5.81. The highest BCUT2D eigenvalue weighted by atomic mass is 35.5. The summed E-state index contributed by atoms with van der Waals surface area (Å²) < 4.78 is 7.42. The van der Waals surface area contributed by atoms with E-state index in [0.29, 0.717) is 16.9 Å². The summed E-state index contributed by atoms with van der Waals surface area (Å²) in [6.07, 6.45) is 6.74. The average Bonchev–Trinajstić information content (AvgIpc) is 2.57. The van der Waals surface area contributed by atoms with Crippen LogP contribution in [0.1, 0.15) is 25.7 Å². The van der Waals surface area contributed by atoms with Crippen LogP contribution in [-0.4, -0.2) is 22.5 Å². The van der Waals surface area contributed by atoms with Gasteiger partial charge >= 0.3 is 0 Å². The lowest BCUT2D eigenvalue weighted by atomic mass is 10.1. The predicted octanol–water partition coefficient (Wildman–Crippen LogP) is 2.08. The van der Waals surface area contributed by atoms with Gasteiger partial charge in [-0.15, -0.1) is 0 Å². The molecule has 0 aliphatic carbocycles. The van der Waals surface area contributed by atoms with Crippen LogP contribution >= 0.6 is 11.6 Å². The van der Waals surface area contributed by atoms with E-state index in [1.807, 2.05) is 0 Å². The van der Waals surface area contributed by atoms with Crippen LogP contribution in [0.5, 0.6) is 0 Å². The van der Waals surface area contributed by atoms with Crippen molar-refractivity contribution in [2.45, 2.75) is 38.3 Å². The molecule has 0 bridgehead atoms. The average molecular weight is 230 g/mol. The highest BCUT2D eigenvalue weighted by Crippen LogP contribution is 2.18. The number of nitrogens with two attached hydrogens (primary N) is 1. The van der Waals surface area contributed by atoms with E-state index in [1.165, 1.54) is 12.8 Å². The molecular weight excluding hydrogens is 214 g/mol. The van der Waals surface area contributed by atoms with Gasteiger partial charge in [0.2, 0.25) is 0 Å². The Morgan fingerprint density at radius 1 is 1.60 bits per heavy atom. The lowest BCUT2D eigenvalue weighted by Gasteiger charge is -2.22. The van der Waals surface area contributed by atoms with Gasteiger partial charge in [-0.1, -0.05) is 11.6 Å². The molecule has 1 aromatic heterocycles. The van der Waals surface area contributed by atoms with E-state index >= 15 is 0 Å². The molecular formula is C10H16ClN3O. The summed E-state index contributed by atoms with van der Waals surface area (Å²) in [7, 11) is 0. The normalized spacial score (nSPS) is 21.8. The van der Waals surface area contributed by atoms with Gasteiger partial charge < -0.3 is 10.5 Å². The quantitative estimate of drug-likeness (QED) is 0.864. The Labute approximate surface area is 94.3 Å². The number of hydrogen-bond acceptors (Lipinski definition) is 3. The van der Waals surface area contributed by atoms with Gasteiger partial charge in [0.1, 0.15) is 5.02 Å². The molecule has 1 atom stereocenters. The largest absolute Gasteiger partial charge is 0.381 e. The summed E-state index contributed by atoms with van der Waals surface area (Å²) in [5, 5.41) is 4.63. The van der Waals surface area contributed by atoms with E-state index in [-0.39, 0.29) is 0 Å². The minimum atomic E-state index is 0.378. The summed E-state index contributed by atoms with van der Waals surface area (Å²) in [5.74, 6) is 0.404. The first-order valence-corrected chi connectivity index (χ1v) is 5.73. The van der Waals surface area contributed by atoms with E-state index in [9.17, 15) is 0 Å². The van der Waals surface area contributed by atoms with Crippen molar-refractivity contribution >= 4 is 17.4 Å². The Kier molecular flexibility index (Phi) is 3.49. The first kappa shape index (κ1) is 10.8. The lowest BCUT2D eigenvalue weighted by molar-refractivity contribution is 0.00829. The van der Waals surface area contributed by atoms with Crippen LogP contribution in [0.15, 0.2) is 6.20 Å². The predicted molar refractivity (Wildman–Crippen MR) is 59.9 cm³/mol. The number of ether oxygens (including phenoxy) is 1. The van der Waals surface area contributed by atoms with Crippen LogP contribution in [0.2, 0.25) is 5.02 Å². The van der Waals surface area contributed by atoms with Crippen LogP contribution < -0.4 is 5.73 Å². The molecule has 84 valence electrons. The van der Waals surface area contributed by atoms with E-state index < -0.39 is 0 Å². The molecule has 0 spiro atoms. The van der Waals surface area contributed by atoms with Gasteiger partial charge in [-0.05, 0) is 25.7 Å². The van der Waals surface area contributed by atoms with Crippen LogP contribution in [0, 0.1) is 0 Å². The first-order chi connectivity index (χ1) is 7.25. The fourth-order valence-corrected chi connectivity index (χ4v) is 1.99. The Bertz CT molecular complexity index is 301. The molecule has 0 saturated carbocycles. The molecule has 2 N–H and O–H groups in total. The standard InChI is InChI=1S/C10H16ClN3O/c11-9-7-14(13-10(9)12)5-4-8-3-1-2-6-15-8/h7-8H,1-6H2,(H2,12,13). The molecule has 0 radical (unpaired) electrons. The number of anilines is 1. The fourth-order valence-electron chi connectivity index (χ4n) is 1.84. The van der Waals surface area contributed by atoms with Gasteiger partial charge in [-0.25, -0.2) is 0 Å². The Balaban J connectivity index is 1.81. The number of aromatic nitrogens is 2. The number of nitrogens with zero attached hydrogens (tertiary/aromatic N) is 2. The lowest BCUT2D eigenvalue weighted by Crippen LogP contribution is -2.20. The first-order valence-electron chi connectivity index (χ1n) is 5.36. The summed E-state index contributed by atoms with van der Waals surface area (Å²) >= 11 is 5.81. The second kappa shape index (κ2) is 4.86. The van der Waals surface area contributed by atoms with Gasteiger partial charge in [0.15, 0.2) is 5.82 Å². The minimum Gasteiger partial charge on any atom is -0.381 e. The third-order valence-electron chi connectivity index (χ3n) is 2.70. The fraction of sp³-hybridized carbons (Fsp3) is 0.700. The van der Waals surface area contributed by atoms with Crippen molar-refractivity contribution in [2.75, 3.05) is 12.3 Å². The molecule has 2 heterocycles. The van der Waals surface area contributed by atoms with Crippen LogP contribution in [-0.2, 0) is 11.3 Å². The van der Waals surface area contributed by atoms with Crippen molar-refractivity contribution in [1.29, 1.82) is 0 Å². The molecule has 1 aliphatic heterocycles. The minimum absolute atomic E-state index is 0.378. The molecule has 2 rings (SSSR count). The number of nitrogen functional groups attached to an aromatic ring is 1. The monoisotopic (exact) mass is 229 g/mol. The van der Waals surface area contributed by atoms with Gasteiger partial charge in [0.25, 0.3) is 0 Å². The number of aryl methyl sites for hydroxylation is 1.